The molecular weight excluding hydrogens is 334 g/mol. The summed E-state index contributed by atoms with van der Waals surface area (Å²) in [6, 6.07) is 5.70. The molecule has 1 heterocycles. The van der Waals surface area contributed by atoms with E-state index in [1.165, 1.54) is 16.4 Å². The standard InChI is InChI=1S/C19H25N3O4/c1-6-16-17(24)20-19(25)21(11-26-7-2)18(16)22(14(5)23)15-9-12(3)8-13(4)10-15/h8-10H,6-7,11H2,1-5H3,(H,20,24,25). The zero-order chi connectivity index (χ0) is 19.4. The molecule has 1 aromatic carbocycles. The molecule has 1 aromatic heterocycles. The van der Waals surface area contributed by atoms with Gasteiger partial charge in [0.2, 0.25) is 5.91 Å². The molecule has 0 aliphatic heterocycles. The number of H-pyrrole nitrogens is 1. The highest BCUT2D eigenvalue weighted by molar-refractivity contribution is 5.99. The number of rotatable bonds is 6. The van der Waals surface area contributed by atoms with Gasteiger partial charge in [-0.15, -0.1) is 0 Å². The highest BCUT2D eigenvalue weighted by Crippen LogP contribution is 2.29. The maximum absolute atomic E-state index is 12.5. The predicted molar refractivity (Wildman–Crippen MR) is 101 cm³/mol. The number of carbonyl (C=O) groups excluding carboxylic acids is 1. The smallest absolute Gasteiger partial charge is 0.331 e. The Kier molecular flexibility index (Phi) is 6.15. The van der Waals surface area contributed by atoms with Crippen LogP contribution in [0.5, 0.6) is 0 Å². The van der Waals surface area contributed by atoms with Crippen molar-refractivity contribution in [2.45, 2.75) is 47.8 Å². The van der Waals surface area contributed by atoms with Gasteiger partial charge in [0.15, 0.2) is 0 Å². The largest absolute Gasteiger partial charge is 0.361 e. The molecule has 0 spiro atoms. The van der Waals surface area contributed by atoms with Crippen molar-refractivity contribution in [2.24, 2.45) is 0 Å². The lowest BCUT2D eigenvalue weighted by Gasteiger charge is -2.27. The molecule has 0 aliphatic carbocycles. The van der Waals surface area contributed by atoms with Crippen LogP contribution in [0.25, 0.3) is 0 Å². The summed E-state index contributed by atoms with van der Waals surface area (Å²) in [7, 11) is 0. The zero-order valence-electron chi connectivity index (χ0n) is 15.9. The zero-order valence-corrected chi connectivity index (χ0v) is 15.9. The molecule has 7 nitrogen and oxygen atoms in total. The topological polar surface area (TPSA) is 84.4 Å². The number of carbonyl (C=O) groups is 1. The highest BCUT2D eigenvalue weighted by Gasteiger charge is 2.24. The fraction of sp³-hybridized carbons (Fsp3) is 0.421. The van der Waals surface area contributed by atoms with Crippen molar-refractivity contribution in [2.75, 3.05) is 11.5 Å². The number of hydrogen-bond acceptors (Lipinski definition) is 4. The quantitative estimate of drug-likeness (QED) is 0.858. The number of anilines is 2. The summed E-state index contributed by atoms with van der Waals surface area (Å²) in [5, 5.41) is 0. The summed E-state index contributed by atoms with van der Waals surface area (Å²) < 4.78 is 6.69. The Morgan fingerprint density at radius 2 is 1.77 bits per heavy atom. The number of amides is 1. The summed E-state index contributed by atoms with van der Waals surface area (Å²) in [5.74, 6) is -0.0350. The van der Waals surface area contributed by atoms with Crippen molar-refractivity contribution < 1.29 is 9.53 Å². The molecule has 140 valence electrons. The Labute approximate surface area is 152 Å². The van der Waals surface area contributed by atoms with Crippen molar-refractivity contribution in [3.8, 4) is 0 Å². The van der Waals surface area contributed by atoms with Gasteiger partial charge < -0.3 is 4.74 Å². The Hall–Kier alpha value is -2.67. The Morgan fingerprint density at radius 3 is 2.27 bits per heavy atom. The summed E-state index contributed by atoms with van der Waals surface area (Å²) in [6.45, 7) is 9.24. The molecule has 1 amide bonds. The van der Waals surface area contributed by atoms with Gasteiger partial charge in [-0.3, -0.25) is 24.0 Å². The molecule has 0 saturated heterocycles. The average molecular weight is 359 g/mol. The van der Waals surface area contributed by atoms with E-state index in [4.69, 9.17) is 4.74 Å². The lowest BCUT2D eigenvalue weighted by Crippen LogP contribution is -2.39. The third-order valence-corrected chi connectivity index (χ3v) is 4.03. The number of nitrogens with one attached hydrogen (secondary N) is 1. The molecule has 0 aliphatic rings. The first-order valence-corrected chi connectivity index (χ1v) is 8.62. The number of nitrogens with zero attached hydrogens (tertiary/aromatic N) is 2. The molecule has 0 radical (unpaired) electrons. The van der Waals surface area contributed by atoms with Crippen LogP contribution >= 0.6 is 0 Å². The van der Waals surface area contributed by atoms with Crippen LogP contribution in [0.3, 0.4) is 0 Å². The van der Waals surface area contributed by atoms with Gasteiger partial charge >= 0.3 is 5.69 Å². The number of aryl methyl sites for hydroxylation is 2. The van der Waals surface area contributed by atoms with Gasteiger partial charge in [-0.2, -0.15) is 0 Å². The van der Waals surface area contributed by atoms with Gasteiger partial charge in [0.05, 0.1) is 11.3 Å². The van der Waals surface area contributed by atoms with Crippen LogP contribution in [-0.2, 0) is 22.7 Å². The minimum absolute atomic E-state index is 0.0526. The van der Waals surface area contributed by atoms with E-state index in [0.29, 0.717) is 24.3 Å². The van der Waals surface area contributed by atoms with Crippen LogP contribution in [0.4, 0.5) is 11.5 Å². The molecule has 0 unspecified atom stereocenters. The van der Waals surface area contributed by atoms with Crippen LogP contribution in [0.1, 0.15) is 37.5 Å². The van der Waals surface area contributed by atoms with Crippen LogP contribution < -0.4 is 16.1 Å². The fourth-order valence-electron chi connectivity index (χ4n) is 3.01. The highest BCUT2D eigenvalue weighted by atomic mass is 16.5. The Balaban J connectivity index is 2.84. The van der Waals surface area contributed by atoms with E-state index in [0.717, 1.165) is 11.1 Å². The van der Waals surface area contributed by atoms with Crippen molar-refractivity contribution in [3.05, 3.63) is 55.7 Å². The number of benzene rings is 1. The minimum Gasteiger partial charge on any atom is -0.361 e. The number of ether oxygens (including phenoxy) is 1. The lowest BCUT2D eigenvalue weighted by atomic mass is 10.1. The first-order valence-electron chi connectivity index (χ1n) is 8.62. The van der Waals surface area contributed by atoms with Crippen molar-refractivity contribution >= 4 is 17.4 Å². The van der Waals surface area contributed by atoms with Crippen molar-refractivity contribution in [3.63, 3.8) is 0 Å². The maximum atomic E-state index is 12.5. The second-order valence-corrected chi connectivity index (χ2v) is 6.17. The summed E-state index contributed by atoms with van der Waals surface area (Å²) >= 11 is 0. The molecule has 0 atom stereocenters. The van der Waals surface area contributed by atoms with Crippen LogP contribution in [0.15, 0.2) is 27.8 Å². The number of hydrogen-bond donors (Lipinski definition) is 1. The third kappa shape index (κ3) is 3.94. The first-order chi connectivity index (χ1) is 12.3. The van der Waals surface area contributed by atoms with E-state index in [2.05, 4.69) is 4.98 Å². The van der Waals surface area contributed by atoms with Gasteiger partial charge in [-0.25, -0.2) is 4.79 Å². The molecule has 2 rings (SSSR count). The third-order valence-electron chi connectivity index (χ3n) is 4.03. The van der Waals surface area contributed by atoms with E-state index < -0.39 is 11.2 Å². The predicted octanol–water partition coefficient (Wildman–Crippen LogP) is 2.39. The normalized spacial score (nSPS) is 10.8. The maximum Gasteiger partial charge on any atom is 0.331 e. The summed E-state index contributed by atoms with van der Waals surface area (Å²) in [4.78, 5) is 41.0. The van der Waals surface area contributed by atoms with E-state index >= 15 is 0 Å². The van der Waals surface area contributed by atoms with Gasteiger partial charge in [-0.05, 0) is 50.5 Å². The molecule has 7 heteroatoms. The molecule has 2 aromatic rings. The molecule has 1 N–H and O–H groups in total. The fourth-order valence-corrected chi connectivity index (χ4v) is 3.01. The SMILES string of the molecule is CCOCn1c(N(C(C)=O)c2cc(C)cc(C)c2)c(CC)c(=O)[nH]c1=O. The lowest BCUT2D eigenvalue weighted by molar-refractivity contribution is -0.115. The van der Waals surface area contributed by atoms with Crippen LogP contribution in [-0.4, -0.2) is 22.1 Å². The molecule has 0 fully saturated rings. The second kappa shape index (κ2) is 8.14. The molecule has 0 saturated carbocycles. The van der Waals surface area contributed by atoms with Gasteiger partial charge in [0.1, 0.15) is 12.5 Å². The first kappa shape index (κ1) is 19.7. The summed E-state index contributed by atoms with van der Waals surface area (Å²) in [6.07, 6.45) is 0.367. The average Bonchev–Trinajstić information content (AvgIpc) is 2.53. The Morgan fingerprint density at radius 1 is 1.15 bits per heavy atom. The molecule has 26 heavy (non-hydrogen) atoms. The van der Waals surface area contributed by atoms with Crippen LogP contribution in [0, 0.1) is 13.8 Å². The monoisotopic (exact) mass is 359 g/mol. The van der Waals surface area contributed by atoms with E-state index in [1.807, 2.05) is 45.9 Å². The summed E-state index contributed by atoms with van der Waals surface area (Å²) in [5.41, 5.74) is 1.83. The van der Waals surface area contributed by atoms with E-state index in [1.54, 1.807) is 0 Å². The van der Waals surface area contributed by atoms with Crippen molar-refractivity contribution in [1.29, 1.82) is 0 Å². The molecule has 0 bridgehead atoms. The number of aromatic nitrogens is 2. The van der Waals surface area contributed by atoms with Gasteiger partial charge in [0.25, 0.3) is 5.56 Å². The van der Waals surface area contributed by atoms with E-state index in [9.17, 15) is 14.4 Å². The molecular formula is C19H25N3O4. The number of aromatic amines is 1. The van der Waals surface area contributed by atoms with Gasteiger partial charge in [-0.1, -0.05) is 13.0 Å². The second-order valence-electron chi connectivity index (χ2n) is 6.17. The minimum atomic E-state index is -0.605. The van der Waals surface area contributed by atoms with Crippen LogP contribution in [0.2, 0.25) is 0 Å². The van der Waals surface area contributed by atoms with E-state index in [-0.39, 0.29) is 18.5 Å². The Bertz CT molecular complexity index is 907. The van der Waals surface area contributed by atoms with Crippen molar-refractivity contribution in [1.82, 2.24) is 9.55 Å². The van der Waals surface area contributed by atoms with Gasteiger partial charge in [0, 0.05) is 13.5 Å².